The van der Waals surface area contributed by atoms with E-state index in [9.17, 15) is 39.3 Å². The van der Waals surface area contributed by atoms with Crippen molar-refractivity contribution in [3.63, 3.8) is 0 Å². The Labute approximate surface area is 228 Å². The molecular weight excluding hydrogens is 516 g/mol. The molecule has 2 aromatic rings. The molecule has 2 heterocycles. The summed E-state index contributed by atoms with van der Waals surface area (Å²) in [6, 6.07) is 15.9. The first-order chi connectivity index (χ1) is 18.9. The lowest BCUT2D eigenvalue weighted by atomic mass is 9.97. The van der Waals surface area contributed by atoms with Crippen LogP contribution in [0.5, 0.6) is 0 Å². The molecule has 0 spiro atoms. The molecule has 0 N–H and O–H groups in total. The summed E-state index contributed by atoms with van der Waals surface area (Å²) in [4.78, 5) is 76.7. The largest absolute Gasteiger partial charge is 0.274 e. The predicted octanol–water partition coefficient (Wildman–Crippen LogP) is 3.21. The van der Waals surface area contributed by atoms with Gasteiger partial charge in [0.05, 0.1) is 34.4 Å². The summed E-state index contributed by atoms with van der Waals surface area (Å²) in [6.07, 6.45) is -1.18. The first-order valence-electron chi connectivity index (χ1n) is 12.2. The van der Waals surface area contributed by atoms with Gasteiger partial charge in [-0.3, -0.25) is 28.8 Å². The molecule has 40 heavy (non-hydrogen) atoms. The number of hydrogen-bond acceptors (Lipinski definition) is 10. The van der Waals surface area contributed by atoms with Crippen LogP contribution in [0.3, 0.4) is 0 Å². The minimum atomic E-state index is -1.60. The Hall–Kier alpha value is -5.36. The van der Waals surface area contributed by atoms with E-state index < -0.39 is 46.5 Å². The Morgan fingerprint density at radius 1 is 0.650 bits per heavy atom. The number of carbonyl (C=O) groups is 6. The highest BCUT2D eigenvalue weighted by Gasteiger charge is 2.41. The standard InChI is InChI=1S/C28H22N6O6/c1-27(15-29,13-11-21(35)33-23(37)17-7-3-4-8-18(17)24(33)38)31-32-28(2,16-30)14-12-22(36)34-25(39)19-9-5-6-10-20(19)26(34)40/h3-10H,11-14H2,1-2H3. The molecule has 12 heteroatoms. The van der Waals surface area contributed by atoms with E-state index in [1.165, 1.54) is 38.1 Å². The second kappa shape index (κ2) is 10.4. The maximum Gasteiger partial charge on any atom is 0.268 e. The van der Waals surface area contributed by atoms with Crippen LogP contribution in [0.25, 0.3) is 0 Å². The number of nitriles is 2. The maximum atomic E-state index is 12.7. The third-order valence-corrected chi connectivity index (χ3v) is 6.71. The molecule has 0 saturated carbocycles. The zero-order valence-electron chi connectivity index (χ0n) is 21.6. The average Bonchev–Trinajstić information content (AvgIpc) is 3.38. The lowest BCUT2D eigenvalue weighted by Gasteiger charge is -2.21. The molecule has 2 aliphatic heterocycles. The quantitative estimate of drug-likeness (QED) is 0.363. The number of carbonyl (C=O) groups excluding carboxylic acids is 6. The zero-order chi connectivity index (χ0) is 29.2. The summed E-state index contributed by atoms with van der Waals surface area (Å²) in [7, 11) is 0. The first kappa shape index (κ1) is 27.7. The minimum Gasteiger partial charge on any atom is -0.274 e. The molecule has 0 bridgehead atoms. The topological polar surface area (TPSA) is 181 Å². The van der Waals surface area contributed by atoms with Gasteiger partial charge in [0.25, 0.3) is 23.6 Å². The van der Waals surface area contributed by atoms with Crippen molar-refractivity contribution in [2.24, 2.45) is 10.2 Å². The van der Waals surface area contributed by atoms with Crippen molar-refractivity contribution in [2.45, 2.75) is 50.6 Å². The van der Waals surface area contributed by atoms with E-state index in [0.29, 0.717) is 9.80 Å². The number of imide groups is 6. The molecule has 6 amide bonds. The van der Waals surface area contributed by atoms with Gasteiger partial charge in [0.1, 0.15) is 0 Å². The van der Waals surface area contributed by atoms with E-state index in [1.54, 1.807) is 24.3 Å². The predicted molar refractivity (Wildman–Crippen MR) is 135 cm³/mol. The van der Waals surface area contributed by atoms with Gasteiger partial charge in [-0.1, -0.05) is 24.3 Å². The van der Waals surface area contributed by atoms with Crippen LogP contribution in [-0.4, -0.2) is 56.3 Å². The molecule has 200 valence electrons. The first-order valence-corrected chi connectivity index (χ1v) is 12.2. The van der Waals surface area contributed by atoms with Crippen LogP contribution in [0.1, 0.15) is 81.0 Å². The van der Waals surface area contributed by atoms with Crippen molar-refractivity contribution in [2.75, 3.05) is 0 Å². The normalized spacial score (nSPS) is 17.2. The van der Waals surface area contributed by atoms with Crippen LogP contribution < -0.4 is 0 Å². The molecule has 0 aliphatic carbocycles. The lowest BCUT2D eigenvalue weighted by molar-refractivity contribution is -0.127. The summed E-state index contributed by atoms with van der Waals surface area (Å²) >= 11 is 0. The molecule has 0 aromatic heterocycles. The number of azo groups is 1. The molecule has 2 aliphatic rings. The summed E-state index contributed by atoms with van der Waals surface area (Å²) < 4.78 is 0. The van der Waals surface area contributed by atoms with Crippen molar-refractivity contribution < 1.29 is 28.8 Å². The summed E-state index contributed by atoms with van der Waals surface area (Å²) in [5.74, 6) is -4.59. The van der Waals surface area contributed by atoms with Crippen LogP contribution >= 0.6 is 0 Å². The number of benzene rings is 2. The average molecular weight is 539 g/mol. The Morgan fingerprint density at radius 2 is 0.925 bits per heavy atom. The molecular formula is C28H22N6O6. The van der Waals surface area contributed by atoms with Gasteiger partial charge in [-0.25, -0.2) is 9.80 Å². The number of hydrogen-bond donors (Lipinski definition) is 0. The summed E-state index contributed by atoms with van der Waals surface area (Å²) in [5, 5.41) is 27.4. The van der Waals surface area contributed by atoms with Crippen LogP contribution in [0.4, 0.5) is 0 Å². The molecule has 0 radical (unpaired) electrons. The Kier molecular flexibility index (Phi) is 7.21. The second-order valence-corrected chi connectivity index (χ2v) is 9.74. The molecule has 2 unspecified atom stereocenters. The van der Waals surface area contributed by atoms with E-state index >= 15 is 0 Å². The van der Waals surface area contributed by atoms with Crippen LogP contribution in [0.2, 0.25) is 0 Å². The van der Waals surface area contributed by atoms with Gasteiger partial charge in [-0.15, -0.1) is 0 Å². The van der Waals surface area contributed by atoms with Crippen molar-refractivity contribution in [1.82, 2.24) is 9.80 Å². The van der Waals surface area contributed by atoms with E-state index in [2.05, 4.69) is 10.2 Å². The van der Waals surface area contributed by atoms with E-state index in [4.69, 9.17) is 0 Å². The van der Waals surface area contributed by atoms with Crippen LogP contribution in [0, 0.1) is 22.7 Å². The van der Waals surface area contributed by atoms with Gasteiger partial charge in [-0.05, 0) is 51.0 Å². The van der Waals surface area contributed by atoms with Crippen molar-refractivity contribution in [3.8, 4) is 12.1 Å². The van der Waals surface area contributed by atoms with E-state index in [0.717, 1.165) is 0 Å². The third-order valence-electron chi connectivity index (χ3n) is 6.71. The van der Waals surface area contributed by atoms with Gasteiger partial charge in [-0.2, -0.15) is 20.8 Å². The molecule has 4 rings (SSSR count). The van der Waals surface area contributed by atoms with Gasteiger partial charge < -0.3 is 0 Å². The van der Waals surface area contributed by atoms with E-state index in [-0.39, 0.29) is 47.9 Å². The fourth-order valence-electron chi connectivity index (χ4n) is 4.23. The fraction of sp³-hybridized carbons (Fsp3) is 0.286. The number of rotatable bonds is 8. The Balaban J connectivity index is 1.39. The maximum absolute atomic E-state index is 12.7. The van der Waals surface area contributed by atoms with Crippen LogP contribution in [-0.2, 0) is 9.59 Å². The lowest BCUT2D eigenvalue weighted by Crippen LogP contribution is -2.37. The fourth-order valence-corrected chi connectivity index (χ4v) is 4.23. The van der Waals surface area contributed by atoms with Gasteiger partial charge in [0, 0.05) is 12.8 Å². The van der Waals surface area contributed by atoms with Crippen LogP contribution in [0.15, 0.2) is 58.8 Å². The molecule has 0 fully saturated rings. The third kappa shape index (κ3) is 4.90. The second-order valence-electron chi connectivity index (χ2n) is 9.74. The SMILES string of the molecule is CC(C#N)(CCC(=O)N1C(=O)c2ccccc2C1=O)N=NC(C)(C#N)CCC(=O)N1C(=O)c2ccccc2C1=O. The molecule has 0 saturated heterocycles. The van der Waals surface area contributed by atoms with Crippen molar-refractivity contribution in [3.05, 3.63) is 70.8 Å². The minimum absolute atomic E-state index is 0.115. The highest BCUT2D eigenvalue weighted by molar-refractivity contribution is 6.29. The number of nitrogens with zero attached hydrogens (tertiary/aromatic N) is 6. The molecule has 2 atom stereocenters. The highest BCUT2D eigenvalue weighted by Crippen LogP contribution is 2.28. The van der Waals surface area contributed by atoms with Gasteiger partial charge >= 0.3 is 0 Å². The van der Waals surface area contributed by atoms with Crippen molar-refractivity contribution in [1.29, 1.82) is 10.5 Å². The Bertz CT molecular complexity index is 1410. The Morgan fingerprint density at radius 3 is 1.18 bits per heavy atom. The summed E-state index contributed by atoms with van der Waals surface area (Å²) in [6.45, 7) is 2.74. The van der Waals surface area contributed by atoms with Gasteiger partial charge in [0.2, 0.25) is 11.8 Å². The summed E-state index contributed by atoms with van der Waals surface area (Å²) in [5.41, 5.74) is -2.74. The monoisotopic (exact) mass is 538 g/mol. The zero-order valence-corrected chi connectivity index (χ0v) is 21.6. The smallest absolute Gasteiger partial charge is 0.268 e. The molecule has 2 aromatic carbocycles. The number of amides is 6. The van der Waals surface area contributed by atoms with Gasteiger partial charge in [0.15, 0.2) is 11.1 Å². The van der Waals surface area contributed by atoms with E-state index in [1.807, 2.05) is 12.1 Å². The highest BCUT2D eigenvalue weighted by atomic mass is 16.2. The van der Waals surface area contributed by atoms with Crippen molar-refractivity contribution >= 4 is 35.4 Å². The molecule has 12 nitrogen and oxygen atoms in total. The number of fused-ring (bicyclic) bond motifs is 2.